The molecule has 2 aromatic heterocycles. The van der Waals surface area contributed by atoms with Crippen molar-refractivity contribution in [3.63, 3.8) is 0 Å². The van der Waals surface area contributed by atoms with Crippen molar-refractivity contribution < 1.29 is 33.5 Å². The first kappa shape index (κ1) is 27.3. The Morgan fingerprint density at radius 1 is 1.29 bits per heavy atom. The molecule has 200 valence electrons. The highest BCUT2D eigenvalue weighted by molar-refractivity contribution is 8.00. The van der Waals surface area contributed by atoms with E-state index in [1.807, 2.05) is 6.92 Å². The third-order valence-electron chi connectivity index (χ3n) is 5.31. The number of aryl methyl sites for hydroxylation is 1. The average Bonchev–Trinajstić information content (AvgIpc) is 3.50. The van der Waals surface area contributed by atoms with E-state index in [1.165, 1.54) is 42.0 Å². The smallest absolute Gasteiger partial charge is 0.358 e. The minimum Gasteiger partial charge on any atom is -0.428 e. The first-order valence-electron chi connectivity index (χ1n) is 10.9. The molecule has 0 aliphatic carbocycles. The summed E-state index contributed by atoms with van der Waals surface area (Å²) in [4.78, 5) is 65.5. The molecule has 1 saturated heterocycles. The Labute approximate surface area is 228 Å². The predicted molar refractivity (Wildman–Crippen MR) is 141 cm³/mol. The van der Waals surface area contributed by atoms with E-state index in [9.17, 15) is 19.2 Å². The van der Waals surface area contributed by atoms with Crippen LogP contribution in [0.25, 0.3) is 6.08 Å². The third-order valence-corrected chi connectivity index (χ3v) is 8.18. The largest absolute Gasteiger partial charge is 0.428 e. The molecule has 4 rings (SSSR count). The van der Waals surface area contributed by atoms with Crippen molar-refractivity contribution in [1.82, 2.24) is 20.2 Å². The highest BCUT2D eigenvalue weighted by atomic mass is 32.2. The molecule has 0 saturated carbocycles. The molecule has 2 aromatic rings. The number of allylic oxidation sites excluding steroid dienone is 1. The predicted octanol–water partition coefficient (Wildman–Crippen LogP) is 1.27. The number of aromatic nitrogens is 2. The van der Waals surface area contributed by atoms with Gasteiger partial charge < -0.3 is 25.4 Å². The van der Waals surface area contributed by atoms with Crippen LogP contribution < -0.4 is 11.1 Å². The normalized spacial score (nSPS) is 19.2. The first-order valence-corrected chi connectivity index (χ1v) is 13.7. The fourth-order valence-electron chi connectivity index (χ4n) is 3.54. The number of esters is 2. The molecule has 0 bridgehead atoms. The van der Waals surface area contributed by atoms with Crippen LogP contribution in [0.5, 0.6) is 0 Å². The zero-order valence-corrected chi connectivity index (χ0v) is 22.8. The van der Waals surface area contributed by atoms with Gasteiger partial charge in [-0.15, -0.1) is 34.4 Å². The molecule has 38 heavy (non-hydrogen) atoms. The SMILES string of the molecule is CON=C(C(=O)NC1C(=O)N2C(C(=O)OCOC(C)=O)=C(C=Cc3scnc3C)CS[C@H]12)c1csc(N)n1. The maximum absolute atomic E-state index is 13.2. The van der Waals surface area contributed by atoms with Gasteiger partial charge in [-0.2, -0.15) is 0 Å². The summed E-state index contributed by atoms with van der Waals surface area (Å²) in [5, 5.41) is 7.57. The molecular formula is C22H22N6O7S3. The summed E-state index contributed by atoms with van der Waals surface area (Å²) >= 11 is 3.92. The molecule has 4 heterocycles. The van der Waals surface area contributed by atoms with Gasteiger partial charge in [0, 0.05) is 22.9 Å². The molecule has 16 heteroatoms. The molecular weight excluding hydrogens is 556 g/mol. The van der Waals surface area contributed by atoms with E-state index < -0.39 is 42.0 Å². The second-order valence-corrected chi connectivity index (χ2v) is 10.6. The quantitative estimate of drug-likeness (QED) is 0.144. The minimum absolute atomic E-state index is 0.00729. The molecule has 0 radical (unpaired) electrons. The van der Waals surface area contributed by atoms with E-state index >= 15 is 0 Å². The van der Waals surface area contributed by atoms with Crippen molar-refractivity contribution in [3.05, 3.63) is 44.5 Å². The van der Waals surface area contributed by atoms with Crippen LogP contribution in [-0.2, 0) is 33.5 Å². The van der Waals surface area contributed by atoms with Crippen LogP contribution in [0.1, 0.15) is 23.2 Å². The van der Waals surface area contributed by atoms with Crippen molar-refractivity contribution in [2.24, 2.45) is 5.16 Å². The number of rotatable bonds is 9. The average molecular weight is 579 g/mol. The molecule has 1 fully saturated rings. The van der Waals surface area contributed by atoms with Gasteiger partial charge in [0.2, 0.25) is 6.79 Å². The van der Waals surface area contributed by atoms with Crippen molar-refractivity contribution in [2.75, 3.05) is 25.4 Å². The third kappa shape index (κ3) is 5.71. The highest BCUT2D eigenvalue weighted by Gasteiger charge is 2.54. The molecule has 1 unspecified atom stereocenters. The number of carbonyl (C=O) groups is 4. The summed E-state index contributed by atoms with van der Waals surface area (Å²) in [6.45, 7) is 2.44. The zero-order valence-electron chi connectivity index (χ0n) is 20.3. The Balaban J connectivity index is 1.56. The van der Waals surface area contributed by atoms with Crippen LogP contribution in [0.2, 0.25) is 0 Å². The lowest BCUT2D eigenvalue weighted by Gasteiger charge is -2.49. The van der Waals surface area contributed by atoms with E-state index in [-0.39, 0.29) is 22.2 Å². The van der Waals surface area contributed by atoms with E-state index in [0.29, 0.717) is 11.3 Å². The summed E-state index contributed by atoms with van der Waals surface area (Å²) in [7, 11) is 1.28. The van der Waals surface area contributed by atoms with Crippen molar-refractivity contribution in [3.8, 4) is 0 Å². The number of nitrogens with one attached hydrogen (secondary N) is 1. The van der Waals surface area contributed by atoms with Crippen LogP contribution in [0.4, 0.5) is 5.13 Å². The van der Waals surface area contributed by atoms with Crippen LogP contribution >= 0.6 is 34.4 Å². The lowest BCUT2D eigenvalue weighted by atomic mass is 10.0. The van der Waals surface area contributed by atoms with E-state index in [4.69, 9.17) is 20.0 Å². The monoisotopic (exact) mass is 578 g/mol. The van der Waals surface area contributed by atoms with Gasteiger partial charge in [0.1, 0.15) is 29.9 Å². The lowest BCUT2D eigenvalue weighted by Crippen LogP contribution is -2.71. The zero-order chi connectivity index (χ0) is 27.4. The Morgan fingerprint density at radius 3 is 2.71 bits per heavy atom. The fraction of sp³-hybridized carbons (Fsp3) is 0.318. The maximum Gasteiger partial charge on any atom is 0.358 e. The number of anilines is 1. The number of nitrogens with two attached hydrogens (primary N) is 1. The number of carbonyl (C=O) groups excluding carboxylic acids is 4. The number of fused-ring (bicyclic) bond motifs is 1. The van der Waals surface area contributed by atoms with E-state index in [1.54, 1.807) is 23.0 Å². The molecule has 2 aliphatic heterocycles. The van der Waals surface area contributed by atoms with Crippen LogP contribution in [0.15, 0.2) is 33.4 Å². The molecule has 2 aliphatic rings. The second kappa shape index (κ2) is 11.7. The lowest BCUT2D eigenvalue weighted by molar-refractivity contribution is -0.166. The topological polar surface area (TPSA) is 175 Å². The van der Waals surface area contributed by atoms with Gasteiger partial charge in [-0.3, -0.25) is 19.3 Å². The van der Waals surface area contributed by atoms with Crippen LogP contribution in [-0.4, -0.2) is 75.4 Å². The number of nitrogens with zero attached hydrogens (tertiary/aromatic N) is 4. The first-order chi connectivity index (χ1) is 18.2. The fourth-order valence-corrected chi connectivity index (χ4v) is 6.10. The van der Waals surface area contributed by atoms with Crippen LogP contribution in [0.3, 0.4) is 0 Å². The van der Waals surface area contributed by atoms with Crippen LogP contribution in [0, 0.1) is 6.92 Å². The van der Waals surface area contributed by atoms with Gasteiger partial charge in [0.25, 0.3) is 11.8 Å². The number of β-lactam (4-membered cyclic amide) rings is 1. The van der Waals surface area contributed by atoms with Crippen molar-refractivity contribution >= 4 is 75.1 Å². The Morgan fingerprint density at radius 2 is 2.08 bits per heavy atom. The number of oxime groups is 1. The molecule has 3 N–H and O–H groups in total. The van der Waals surface area contributed by atoms with Gasteiger partial charge in [0.05, 0.1) is 11.2 Å². The van der Waals surface area contributed by atoms with E-state index in [2.05, 4.69) is 20.4 Å². The van der Waals surface area contributed by atoms with Gasteiger partial charge in [-0.1, -0.05) is 11.2 Å². The van der Waals surface area contributed by atoms with Gasteiger partial charge in [-0.05, 0) is 18.6 Å². The summed E-state index contributed by atoms with van der Waals surface area (Å²) < 4.78 is 9.82. The molecule has 13 nitrogen and oxygen atoms in total. The van der Waals surface area contributed by atoms with Crippen molar-refractivity contribution in [2.45, 2.75) is 25.3 Å². The summed E-state index contributed by atoms with van der Waals surface area (Å²) in [6.07, 6.45) is 3.53. The maximum atomic E-state index is 13.2. The molecule has 2 atom stereocenters. The molecule has 0 aromatic carbocycles. The van der Waals surface area contributed by atoms with Gasteiger partial charge in [-0.25, -0.2) is 14.8 Å². The number of amides is 2. The van der Waals surface area contributed by atoms with Crippen molar-refractivity contribution in [1.29, 1.82) is 0 Å². The molecule has 2 amide bonds. The summed E-state index contributed by atoms with van der Waals surface area (Å²) in [5.41, 5.74) is 8.79. The number of hydrogen-bond acceptors (Lipinski definition) is 14. The number of ether oxygens (including phenoxy) is 2. The number of nitrogen functional groups attached to an aromatic ring is 1. The summed E-state index contributed by atoms with van der Waals surface area (Å²) in [5.74, 6) is -2.33. The highest BCUT2D eigenvalue weighted by Crippen LogP contribution is 2.41. The van der Waals surface area contributed by atoms with Gasteiger partial charge >= 0.3 is 11.9 Å². The Hall–Kier alpha value is -3.76. The second-order valence-electron chi connectivity index (χ2n) is 7.75. The number of thiazole rings is 2. The van der Waals surface area contributed by atoms with E-state index in [0.717, 1.165) is 21.9 Å². The Kier molecular flexibility index (Phi) is 8.43. The minimum atomic E-state index is -0.948. The number of hydrogen-bond donors (Lipinski definition) is 2. The molecule has 0 spiro atoms. The number of thioether (sulfide) groups is 1. The Bertz CT molecular complexity index is 1360. The standard InChI is InChI=1S/C22H22N6O7S3/c1-10-14(38-8-24-10)5-4-12-6-36-20-16(19(31)28(20)17(12)21(32)35-9-34-11(2)29)26-18(30)15(27-33-3)13-7-37-22(23)25-13/h4-5,7-8,16,20H,6,9H2,1-3H3,(H2,23,25)(H,26,30)/t16?,20-/m1/s1. The van der Waals surface area contributed by atoms with Gasteiger partial charge in [0.15, 0.2) is 10.8 Å². The summed E-state index contributed by atoms with van der Waals surface area (Å²) in [6, 6.07) is -0.948.